The van der Waals surface area contributed by atoms with Gasteiger partial charge < -0.3 is 5.32 Å². The van der Waals surface area contributed by atoms with Gasteiger partial charge >= 0.3 is 0 Å². The van der Waals surface area contributed by atoms with Gasteiger partial charge in [-0.05, 0) is 23.5 Å². The molecule has 1 amide bonds. The van der Waals surface area contributed by atoms with Crippen molar-refractivity contribution in [1.82, 2.24) is 5.32 Å². The topological polar surface area (TPSA) is 63.2 Å². The van der Waals surface area contributed by atoms with Crippen LogP contribution in [0.3, 0.4) is 0 Å². The maximum Gasteiger partial charge on any atom is 0.220 e. The molecule has 5 heteroatoms. The van der Waals surface area contributed by atoms with Crippen molar-refractivity contribution in [2.45, 2.75) is 18.8 Å². The first-order valence-electron chi connectivity index (χ1n) is 8.60. The molecule has 0 aliphatic carbocycles. The molecule has 1 aliphatic rings. The van der Waals surface area contributed by atoms with Crippen LogP contribution in [0.5, 0.6) is 0 Å². The van der Waals surface area contributed by atoms with Gasteiger partial charge in [0.15, 0.2) is 9.84 Å². The van der Waals surface area contributed by atoms with Crippen molar-refractivity contribution in [3.63, 3.8) is 0 Å². The first kappa shape index (κ1) is 17.7. The monoisotopic (exact) mass is 357 g/mol. The molecule has 25 heavy (non-hydrogen) atoms. The minimum atomic E-state index is -2.90. The van der Waals surface area contributed by atoms with E-state index in [0.717, 1.165) is 11.1 Å². The van der Waals surface area contributed by atoms with Crippen molar-refractivity contribution in [1.29, 1.82) is 0 Å². The number of rotatable bonds is 6. The van der Waals surface area contributed by atoms with Gasteiger partial charge in [0.05, 0.1) is 11.5 Å². The summed E-state index contributed by atoms with van der Waals surface area (Å²) in [4.78, 5) is 12.5. The number of benzene rings is 2. The highest BCUT2D eigenvalue weighted by Crippen LogP contribution is 2.27. The van der Waals surface area contributed by atoms with Crippen molar-refractivity contribution in [3.05, 3.63) is 71.8 Å². The molecule has 1 aliphatic heterocycles. The summed E-state index contributed by atoms with van der Waals surface area (Å²) in [6, 6.07) is 20.0. The lowest BCUT2D eigenvalue weighted by Crippen LogP contribution is -2.31. The van der Waals surface area contributed by atoms with Crippen LogP contribution < -0.4 is 5.32 Å². The summed E-state index contributed by atoms with van der Waals surface area (Å²) in [6.07, 6.45) is 0.997. The third kappa shape index (κ3) is 4.92. The Bertz CT molecular complexity index is 764. The minimum Gasteiger partial charge on any atom is -0.356 e. The molecular formula is C20H23NO3S. The van der Waals surface area contributed by atoms with Gasteiger partial charge in [-0.2, -0.15) is 0 Å². The predicted octanol–water partition coefficient (Wildman–Crippen LogP) is 2.76. The quantitative estimate of drug-likeness (QED) is 0.865. The van der Waals surface area contributed by atoms with Gasteiger partial charge in [-0.25, -0.2) is 8.42 Å². The Kier molecular flexibility index (Phi) is 5.53. The van der Waals surface area contributed by atoms with Gasteiger partial charge in [0.25, 0.3) is 0 Å². The smallest absolute Gasteiger partial charge is 0.220 e. The third-order valence-electron chi connectivity index (χ3n) is 4.71. The number of hydrogen-bond acceptors (Lipinski definition) is 3. The molecule has 2 aromatic rings. The van der Waals surface area contributed by atoms with Crippen LogP contribution in [0.4, 0.5) is 0 Å². The van der Waals surface area contributed by atoms with Gasteiger partial charge in [0, 0.05) is 18.9 Å². The highest BCUT2D eigenvalue weighted by atomic mass is 32.2. The van der Waals surface area contributed by atoms with E-state index in [4.69, 9.17) is 0 Å². The summed E-state index contributed by atoms with van der Waals surface area (Å²) in [5.41, 5.74) is 2.21. The molecule has 0 spiro atoms. The van der Waals surface area contributed by atoms with Gasteiger partial charge in [-0.15, -0.1) is 0 Å². The fraction of sp³-hybridized carbons (Fsp3) is 0.350. The van der Waals surface area contributed by atoms with Crippen molar-refractivity contribution < 1.29 is 13.2 Å². The van der Waals surface area contributed by atoms with Crippen LogP contribution in [0.1, 0.15) is 29.9 Å². The third-order valence-corrected chi connectivity index (χ3v) is 6.55. The fourth-order valence-electron chi connectivity index (χ4n) is 3.35. The summed E-state index contributed by atoms with van der Waals surface area (Å²) in [5, 5.41) is 2.93. The number of carbonyl (C=O) groups excluding carboxylic acids is 1. The number of carbonyl (C=O) groups is 1. The molecule has 1 atom stereocenters. The first-order chi connectivity index (χ1) is 12.0. The molecule has 1 N–H and O–H groups in total. The Morgan fingerprint density at radius 3 is 2.04 bits per heavy atom. The van der Waals surface area contributed by atoms with E-state index in [1.165, 1.54) is 0 Å². The average Bonchev–Trinajstić information content (AvgIpc) is 2.98. The van der Waals surface area contributed by atoms with Gasteiger partial charge in [-0.1, -0.05) is 60.7 Å². The van der Waals surface area contributed by atoms with Crippen LogP contribution >= 0.6 is 0 Å². The van der Waals surface area contributed by atoms with Crippen LogP contribution in [0.2, 0.25) is 0 Å². The second kappa shape index (κ2) is 7.83. The first-order valence-corrected chi connectivity index (χ1v) is 10.4. The molecule has 1 fully saturated rings. The zero-order valence-electron chi connectivity index (χ0n) is 14.1. The maximum atomic E-state index is 12.5. The van der Waals surface area contributed by atoms with Crippen molar-refractivity contribution in [2.75, 3.05) is 18.1 Å². The lowest BCUT2D eigenvalue weighted by molar-refractivity contribution is -0.121. The van der Waals surface area contributed by atoms with E-state index >= 15 is 0 Å². The molecule has 4 nitrogen and oxygen atoms in total. The molecule has 1 heterocycles. The van der Waals surface area contributed by atoms with Gasteiger partial charge in [0.2, 0.25) is 5.91 Å². The molecule has 0 bridgehead atoms. The minimum absolute atomic E-state index is 0.00490. The van der Waals surface area contributed by atoms with Crippen LogP contribution in [-0.2, 0) is 14.6 Å². The molecule has 0 saturated carbocycles. The zero-order chi connectivity index (χ0) is 17.7. The molecule has 1 saturated heterocycles. The standard InChI is InChI=1S/C20H23NO3S/c22-20(21-14-16-11-12-25(23,24)15-16)13-19(17-7-3-1-4-8-17)18-9-5-2-6-10-18/h1-10,16,19H,11-15H2,(H,21,22). The summed E-state index contributed by atoms with van der Waals surface area (Å²) < 4.78 is 23.0. The van der Waals surface area contributed by atoms with Crippen molar-refractivity contribution >= 4 is 15.7 Å². The Morgan fingerprint density at radius 1 is 1.00 bits per heavy atom. The van der Waals surface area contributed by atoms with Crippen LogP contribution in [0.15, 0.2) is 60.7 Å². The summed E-state index contributed by atoms with van der Waals surface area (Å²) >= 11 is 0. The second-order valence-corrected chi connectivity index (χ2v) is 8.88. The lowest BCUT2D eigenvalue weighted by atomic mass is 9.88. The van der Waals surface area contributed by atoms with E-state index < -0.39 is 9.84 Å². The summed E-state index contributed by atoms with van der Waals surface area (Å²) in [5.74, 6) is 0.427. The van der Waals surface area contributed by atoms with Crippen LogP contribution in [-0.4, -0.2) is 32.4 Å². The summed E-state index contributed by atoms with van der Waals surface area (Å²) in [6.45, 7) is 0.439. The maximum absolute atomic E-state index is 12.5. The Morgan fingerprint density at radius 2 is 1.56 bits per heavy atom. The van der Waals surface area contributed by atoms with Crippen molar-refractivity contribution in [3.8, 4) is 0 Å². The number of nitrogens with one attached hydrogen (secondary N) is 1. The molecule has 132 valence electrons. The number of amides is 1. The normalized spacial score (nSPS) is 19.0. The van der Waals surface area contributed by atoms with Crippen LogP contribution in [0, 0.1) is 5.92 Å². The highest BCUT2D eigenvalue weighted by Gasteiger charge is 2.28. The Balaban J connectivity index is 1.65. The SMILES string of the molecule is O=C(CC(c1ccccc1)c1ccccc1)NCC1CCS(=O)(=O)C1. The van der Waals surface area contributed by atoms with Crippen molar-refractivity contribution in [2.24, 2.45) is 5.92 Å². The molecule has 3 rings (SSSR count). The van der Waals surface area contributed by atoms with E-state index in [-0.39, 0.29) is 29.2 Å². The molecular weight excluding hydrogens is 334 g/mol. The highest BCUT2D eigenvalue weighted by molar-refractivity contribution is 7.91. The predicted molar refractivity (Wildman–Crippen MR) is 99.1 cm³/mol. The Hall–Kier alpha value is -2.14. The summed E-state index contributed by atoms with van der Waals surface area (Å²) in [7, 11) is -2.90. The Labute approximate surface area is 149 Å². The van der Waals surface area contributed by atoms with E-state index in [1.54, 1.807) is 0 Å². The molecule has 0 aromatic heterocycles. The van der Waals surface area contributed by atoms with E-state index in [1.807, 2.05) is 60.7 Å². The van der Waals surface area contributed by atoms with Crippen LogP contribution in [0.25, 0.3) is 0 Å². The second-order valence-electron chi connectivity index (χ2n) is 6.65. The fourth-order valence-corrected chi connectivity index (χ4v) is 5.21. The molecule has 2 aromatic carbocycles. The van der Waals surface area contributed by atoms with Gasteiger partial charge in [0.1, 0.15) is 0 Å². The van der Waals surface area contributed by atoms with Gasteiger partial charge in [-0.3, -0.25) is 4.79 Å². The number of sulfone groups is 1. The van der Waals surface area contributed by atoms with E-state index in [9.17, 15) is 13.2 Å². The largest absolute Gasteiger partial charge is 0.356 e. The molecule has 0 radical (unpaired) electrons. The van der Waals surface area contributed by atoms with E-state index in [0.29, 0.717) is 19.4 Å². The van der Waals surface area contributed by atoms with E-state index in [2.05, 4.69) is 5.32 Å². The number of hydrogen-bond donors (Lipinski definition) is 1. The average molecular weight is 357 g/mol. The lowest BCUT2D eigenvalue weighted by Gasteiger charge is -2.18. The zero-order valence-corrected chi connectivity index (χ0v) is 14.9. The molecule has 1 unspecified atom stereocenters.